The molecule has 0 fully saturated rings. The van der Waals surface area contributed by atoms with E-state index in [4.69, 9.17) is 0 Å². The summed E-state index contributed by atoms with van der Waals surface area (Å²) in [7, 11) is 0. The fourth-order valence-electron chi connectivity index (χ4n) is 3.13. The highest BCUT2D eigenvalue weighted by Gasteiger charge is 2.05. The Balaban J connectivity index is 1.69. The van der Waals surface area contributed by atoms with Gasteiger partial charge < -0.3 is 0 Å². The van der Waals surface area contributed by atoms with Gasteiger partial charge in [0, 0.05) is 4.90 Å². The third-order valence-corrected chi connectivity index (χ3v) is 4.76. The maximum atomic E-state index is 4.63. The number of hydrogen-bond donors (Lipinski definition) is 1. The Labute approximate surface area is 148 Å². The minimum absolute atomic E-state index is 0.929. The minimum atomic E-state index is 0.929. The van der Waals surface area contributed by atoms with Gasteiger partial charge in [0.25, 0.3) is 0 Å². The highest BCUT2D eigenvalue weighted by Crippen LogP contribution is 2.28. The molecule has 0 nitrogen and oxygen atoms in total. The largest absolute Gasteiger partial charge is 0.143 e. The molecule has 4 aromatic rings. The molecule has 0 aliphatic carbocycles. The van der Waals surface area contributed by atoms with Crippen LogP contribution in [0.2, 0.25) is 0 Å². The topological polar surface area (TPSA) is 0 Å². The van der Waals surface area contributed by atoms with Crippen molar-refractivity contribution in [2.75, 3.05) is 0 Å². The van der Waals surface area contributed by atoms with Crippen LogP contribution in [0.3, 0.4) is 0 Å². The third-order valence-electron chi connectivity index (χ3n) is 4.37. The van der Waals surface area contributed by atoms with Gasteiger partial charge in [0.05, 0.1) is 0 Å². The molecule has 0 bridgehead atoms. The van der Waals surface area contributed by atoms with Gasteiger partial charge in [-0.25, -0.2) is 0 Å². The van der Waals surface area contributed by atoms with Gasteiger partial charge >= 0.3 is 0 Å². The molecule has 0 amide bonds. The van der Waals surface area contributed by atoms with Gasteiger partial charge in [-0.15, -0.1) is 12.6 Å². The van der Waals surface area contributed by atoms with E-state index in [9.17, 15) is 0 Å². The molecule has 0 unspecified atom stereocenters. The molecule has 4 aromatic carbocycles. The molecule has 0 spiro atoms. The lowest BCUT2D eigenvalue weighted by molar-refractivity contribution is 1.19. The van der Waals surface area contributed by atoms with Crippen molar-refractivity contribution in [2.24, 2.45) is 0 Å². The van der Waals surface area contributed by atoms with Gasteiger partial charge in [-0.2, -0.15) is 0 Å². The summed E-state index contributed by atoms with van der Waals surface area (Å²) < 4.78 is 0. The minimum Gasteiger partial charge on any atom is -0.143 e. The van der Waals surface area contributed by atoms with Crippen LogP contribution in [0.4, 0.5) is 0 Å². The third kappa shape index (κ3) is 3.08. The number of fused-ring (bicyclic) bond motifs is 1. The fraction of sp³-hybridized carbons (Fsp3) is 0.0435. The molecule has 24 heavy (non-hydrogen) atoms. The van der Waals surface area contributed by atoms with Gasteiger partial charge in [-0.3, -0.25) is 0 Å². The molecule has 0 radical (unpaired) electrons. The molecule has 0 saturated heterocycles. The summed E-state index contributed by atoms with van der Waals surface area (Å²) in [6.07, 6.45) is 0.929. The molecule has 0 heterocycles. The average Bonchev–Trinajstić information content (AvgIpc) is 2.64. The Morgan fingerprint density at radius 2 is 1.25 bits per heavy atom. The summed E-state index contributed by atoms with van der Waals surface area (Å²) in [5.74, 6) is 0. The van der Waals surface area contributed by atoms with Crippen LogP contribution in [0.25, 0.3) is 21.9 Å². The van der Waals surface area contributed by atoms with E-state index in [1.165, 1.54) is 33.0 Å². The summed E-state index contributed by atoms with van der Waals surface area (Å²) >= 11 is 4.63. The standard InChI is InChI=1S/C23H18S/c24-23-13-11-18(16-22(23)20-7-2-1-3-8-20)14-17-10-12-19-6-4-5-9-21(19)15-17/h1-13,15-16,24H,14H2. The van der Waals surface area contributed by atoms with E-state index in [-0.39, 0.29) is 0 Å². The van der Waals surface area contributed by atoms with Crippen LogP contribution in [0.15, 0.2) is 95.9 Å². The summed E-state index contributed by atoms with van der Waals surface area (Å²) in [5, 5.41) is 2.58. The van der Waals surface area contributed by atoms with Crippen molar-refractivity contribution in [1.82, 2.24) is 0 Å². The summed E-state index contributed by atoms with van der Waals surface area (Å²) in [6.45, 7) is 0. The molecule has 116 valence electrons. The molecule has 0 aromatic heterocycles. The van der Waals surface area contributed by atoms with Gasteiger partial charge in [0.15, 0.2) is 0 Å². The predicted octanol–water partition coefficient (Wildman–Crippen LogP) is 6.39. The maximum Gasteiger partial charge on any atom is 0.0119 e. The van der Waals surface area contributed by atoms with E-state index in [0.29, 0.717) is 0 Å². The van der Waals surface area contributed by atoms with Crippen molar-refractivity contribution in [1.29, 1.82) is 0 Å². The van der Waals surface area contributed by atoms with Crippen LogP contribution in [0.5, 0.6) is 0 Å². The van der Waals surface area contributed by atoms with E-state index in [0.717, 1.165) is 11.3 Å². The average molecular weight is 326 g/mol. The first kappa shape index (κ1) is 15.0. The van der Waals surface area contributed by atoms with Crippen LogP contribution in [-0.4, -0.2) is 0 Å². The lowest BCUT2D eigenvalue weighted by Crippen LogP contribution is -1.90. The quantitative estimate of drug-likeness (QED) is 0.415. The van der Waals surface area contributed by atoms with E-state index in [2.05, 4.69) is 97.6 Å². The molecule has 1 heteroatoms. The van der Waals surface area contributed by atoms with Crippen LogP contribution >= 0.6 is 12.6 Å². The molecule has 0 N–H and O–H groups in total. The van der Waals surface area contributed by atoms with Crippen LogP contribution in [0, 0.1) is 0 Å². The Hall–Kier alpha value is -2.51. The summed E-state index contributed by atoms with van der Waals surface area (Å²) in [5.41, 5.74) is 5.04. The highest BCUT2D eigenvalue weighted by molar-refractivity contribution is 7.80. The molecular formula is C23H18S. The normalized spacial score (nSPS) is 10.9. The monoisotopic (exact) mass is 326 g/mol. The van der Waals surface area contributed by atoms with Gasteiger partial charge in [0.1, 0.15) is 0 Å². The highest BCUT2D eigenvalue weighted by atomic mass is 32.1. The van der Waals surface area contributed by atoms with Crippen LogP contribution in [0.1, 0.15) is 11.1 Å². The van der Waals surface area contributed by atoms with Crippen molar-refractivity contribution in [3.8, 4) is 11.1 Å². The molecule has 4 rings (SSSR count). The van der Waals surface area contributed by atoms with Gasteiger partial charge in [0.2, 0.25) is 0 Å². The van der Waals surface area contributed by atoms with Crippen LogP contribution < -0.4 is 0 Å². The summed E-state index contributed by atoms with van der Waals surface area (Å²) in [4.78, 5) is 1.02. The zero-order valence-electron chi connectivity index (χ0n) is 13.3. The first-order valence-corrected chi connectivity index (χ1v) is 8.59. The van der Waals surface area contributed by atoms with E-state index in [1.54, 1.807) is 0 Å². The van der Waals surface area contributed by atoms with Crippen molar-refractivity contribution in [2.45, 2.75) is 11.3 Å². The number of rotatable bonds is 3. The first-order chi connectivity index (χ1) is 11.8. The Kier molecular flexibility index (Phi) is 4.10. The lowest BCUT2D eigenvalue weighted by atomic mass is 9.98. The number of thiol groups is 1. The zero-order chi connectivity index (χ0) is 16.4. The van der Waals surface area contributed by atoms with Crippen molar-refractivity contribution >= 4 is 23.4 Å². The Morgan fingerprint density at radius 3 is 2.08 bits per heavy atom. The Morgan fingerprint density at radius 1 is 0.583 bits per heavy atom. The number of benzene rings is 4. The molecule has 0 aliphatic heterocycles. The van der Waals surface area contributed by atoms with E-state index in [1.807, 2.05) is 6.07 Å². The van der Waals surface area contributed by atoms with Crippen LogP contribution in [-0.2, 0) is 6.42 Å². The van der Waals surface area contributed by atoms with Crippen molar-refractivity contribution in [3.05, 3.63) is 102 Å². The molecule has 0 aliphatic rings. The SMILES string of the molecule is Sc1ccc(Cc2ccc3ccccc3c2)cc1-c1ccccc1. The van der Waals surface area contributed by atoms with Gasteiger partial charge in [-0.1, -0.05) is 78.9 Å². The lowest BCUT2D eigenvalue weighted by Gasteiger charge is -2.10. The Bertz CT molecular complexity index is 987. The fourth-order valence-corrected chi connectivity index (χ4v) is 3.39. The summed E-state index contributed by atoms with van der Waals surface area (Å²) in [6, 6.07) is 32.2. The smallest absolute Gasteiger partial charge is 0.0119 e. The molecular weight excluding hydrogens is 308 g/mol. The van der Waals surface area contributed by atoms with Crippen molar-refractivity contribution in [3.63, 3.8) is 0 Å². The first-order valence-electron chi connectivity index (χ1n) is 8.14. The van der Waals surface area contributed by atoms with E-state index < -0.39 is 0 Å². The second kappa shape index (κ2) is 6.54. The number of hydrogen-bond acceptors (Lipinski definition) is 1. The zero-order valence-corrected chi connectivity index (χ0v) is 14.2. The second-order valence-corrected chi connectivity index (χ2v) is 6.56. The van der Waals surface area contributed by atoms with Gasteiger partial charge in [-0.05, 0) is 51.6 Å². The molecule has 0 atom stereocenters. The predicted molar refractivity (Wildman–Crippen MR) is 106 cm³/mol. The van der Waals surface area contributed by atoms with Crippen molar-refractivity contribution < 1.29 is 0 Å². The maximum absolute atomic E-state index is 4.63. The van der Waals surface area contributed by atoms with E-state index >= 15 is 0 Å². The second-order valence-electron chi connectivity index (χ2n) is 6.08. The molecule has 0 saturated carbocycles.